The molecule has 0 saturated carbocycles. The van der Waals surface area contributed by atoms with E-state index in [9.17, 15) is 31.9 Å². The molecule has 0 saturated heterocycles. The summed E-state index contributed by atoms with van der Waals surface area (Å²) in [4.78, 5) is 37.0. The summed E-state index contributed by atoms with van der Waals surface area (Å²) >= 11 is 6.20. The highest BCUT2D eigenvalue weighted by atomic mass is 35.5. The quantitative estimate of drug-likeness (QED) is 0.0841. The molecule has 1 heterocycles. The largest absolute Gasteiger partial charge is 0.478 e. The molecule has 250 valence electrons. The lowest BCUT2D eigenvalue weighted by molar-refractivity contribution is -0.137. The normalized spacial score (nSPS) is 11.8. The Balaban J connectivity index is 0.000000665. The number of carbonyl (C=O) groups is 2. The van der Waals surface area contributed by atoms with Crippen LogP contribution >= 0.6 is 11.6 Å². The highest BCUT2D eigenvalue weighted by Crippen LogP contribution is 2.37. The predicted molar refractivity (Wildman–Crippen MR) is 166 cm³/mol. The van der Waals surface area contributed by atoms with Crippen LogP contribution in [0.15, 0.2) is 69.9 Å². The Hall–Kier alpha value is -4.60. The van der Waals surface area contributed by atoms with Crippen LogP contribution in [0.3, 0.4) is 0 Å². The number of amides is 1. The van der Waals surface area contributed by atoms with Crippen LogP contribution in [0, 0.1) is 12.7 Å². The van der Waals surface area contributed by atoms with Gasteiger partial charge in [0.05, 0.1) is 48.6 Å². The molecule has 7 N–H and O–H groups in total. The molecule has 4 aromatic rings. The minimum absolute atomic E-state index is 0.110. The summed E-state index contributed by atoms with van der Waals surface area (Å²) in [6.45, 7) is 0.502. The fourth-order valence-corrected chi connectivity index (χ4v) is 4.34. The van der Waals surface area contributed by atoms with Gasteiger partial charge in [0.25, 0.3) is 0 Å². The monoisotopic (exact) mass is 680 g/mol. The maximum atomic E-state index is 13.5. The number of aryl methyl sites for hydroxylation is 1. The van der Waals surface area contributed by atoms with E-state index in [-0.39, 0.29) is 22.8 Å². The van der Waals surface area contributed by atoms with Crippen LogP contribution in [0.25, 0.3) is 28.2 Å². The van der Waals surface area contributed by atoms with Crippen LogP contribution < -0.4 is 16.7 Å². The van der Waals surface area contributed by atoms with Crippen LogP contribution in [-0.2, 0) is 22.2 Å². The number of anilines is 1. The maximum absolute atomic E-state index is 13.5. The van der Waals surface area contributed by atoms with Crippen molar-refractivity contribution >= 4 is 46.2 Å². The van der Waals surface area contributed by atoms with Crippen molar-refractivity contribution in [3.63, 3.8) is 0 Å². The molecule has 10 nitrogen and oxygen atoms in total. The summed E-state index contributed by atoms with van der Waals surface area (Å²) < 4.78 is 59.1. The maximum Gasteiger partial charge on any atom is 0.418 e. The number of nitrogens with two attached hydrogens (primary N) is 1. The molecule has 0 bridgehead atoms. The van der Waals surface area contributed by atoms with Gasteiger partial charge < -0.3 is 35.9 Å². The average molecular weight is 681 g/mol. The van der Waals surface area contributed by atoms with E-state index in [0.717, 1.165) is 18.2 Å². The van der Waals surface area contributed by atoms with Crippen LogP contribution in [0.1, 0.15) is 22.3 Å². The van der Waals surface area contributed by atoms with Gasteiger partial charge in [0, 0.05) is 28.1 Å². The van der Waals surface area contributed by atoms with Gasteiger partial charge in [-0.25, -0.2) is 14.0 Å². The van der Waals surface area contributed by atoms with Crippen molar-refractivity contribution in [2.45, 2.75) is 25.1 Å². The second-order valence-corrected chi connectivity index (χ2v) is 10.8. The third kappa shape index (κ3) is 9.47. The first-order chi connectivity index (χ1) is 22.0. The zero-order chi connectivity index (χ0) is 35.1. The Morgan fingerprint density at radius 3 is 2.26 bits per heavy atom. The smallest absolute Gasteiger partial charge is 0.418 e. The lowest BCUT2D eigenvalue weighted by Gasteiger charge is -2.20. The van der Waals surface area contributed by atoms with Gasteiger partial charge in [-0.3, -0.25) is 4.79 Å². The van der Waals surface area contributed by atoms with Crippen molar-refractivity contribution in [1.82, 2.24) is 0 Å². The fraction of sp³-hybridized carbons (Fsp3) is 0.219. The van der Waals surface area contributed by atoms with Crippen LogP contribution in [0.2, 0.25) is 5.02 Å². The van der Waals surface area contributed by atoms with Crippen molar-refractivity contribution in [2.75, 3.05) is 25.1 Å². The summed E-state index contributed by atoms with van der Waals surface area (Å²) in [5.41, 5.74) is 2.68. The molecule has 0 aliphatic rings. The highest BCUT2D eigenvalue weighted by Gasteiger charge is 2.34. The minimum Gasteiger partial charge on any atom is -0.478 e. The molecule has 4 rings (SSSR count). The number of alkyl halides is 3. The number of fused-ring (bicyclic) bond motifs is 1. The van der Waals surface area contributed by atoms with E-state index < -0.39 is 72.5 Å². The molecule has 0 aliphatic carbocycles. The van der Waals surface area contributed by atoms with Gasteiger partial charge in [0.15, 0.2) is 0 Å². The van der Waals surface area contributed by atoms with Crippen molar-refractivity contribution in [3.8, 4) is 11.1 Å². The average Bonchev–Trinajstić information content (AvgIpc) is 3.02. The number of benzene rings is 3. The number of carbonyl (C=O) groups excluding carboxylic acids is 1. The van der Waals surface area contributed by atoms with Crippen LogP contribution in [-0.4, -0.2) is 57.7 Å². The summed E-state index contributed by atoms with van der Waals surface area (Å²) in [6, 6.07) is 11.3. The van der Waals surface area contributed by atoms with Crippen LogP contribution in [0.5, 0.6) is 0 Å². The van der Waals surface area contributed by atoms with E-state index in [2.05, 4.69) is 5.32 Å². The molecule has 1 aromatic heterocycles. The molecular formula is C32H29ClF4N2O8. The molecule has 1 amide bonds. The minimum atomic E-state index is -4.95. The van der Waals surface area contributed by atoms with Gasteiger partial charge in [-0.2, -0.15) is 13.2 Å². The second-order valence-electron chi connectivity index (χ2n) is 10.4. The molecule has 15 heteroatoms. The van der Waals surface area contributed by atoms with E-state index in [1.807, 2.05) is 0 Å². The summed E-state index contributed by atoms with van der Waals surface area (Å²) in [7, 11) is 0. The zero-order valence-electron chi connectivity index (χ0n) is 24.6. The third-order valence-electron chi connectivity index (χ3n) is 6.72. The van der Waals surface area contributed by atoms with Gasteiger partial charge in [0.1, 0.15) is 11.4 Å². The molecule has 0 fully saturated rings. The molecule has 47 heavy (non-hydrogen) atoms. The number of nitrogens with one attached hydrogen (secondary N) is 1. The number of aliphatic carboxylic acids is 1. The molecule has 0 aliphatic heterocycles. The SMILES string of the molecule is Cc1cc2c(-c3cccc(/C=C/C(=O)O)c3)c(CC(=O)Nc3ccc(F)cc3C(F)(F)F)c(=O)oc2cc1Cl.NC(CO)(CO)CO. The van der Waals surface area contributed by atoms with E-state index in [0.29, 0.717) is 27.1 Å². The van der Waals surface area contributed by atoms with Crippen LogP contribution in [0.4, 0.5) is 23.2 Å². The van der Waals surface area contributed by atoms with Gasteiger partial charge in [-0.05, 0) is 60.0 Å². The molecular weight excluding hydrogens is 652 g/mol. The molecule has 3 aromatic carbocycles. The molecule has 0 radical (unpaired) electrons. The van der Waals surface area contributed by atoms with Crippen molar-refractivity contribution in [3.05, 3.63) is 104 Å². The van der Waals surface area contributed by atoms with Gasteiger partial charge in [-0.1, -0.05) is 29.8 Å². The van der Waals surface area contributed by atoms with Crippen molar-refractivity contribution < 1.29 is 52.0 Å². The Morgan fingerprint density at radius 2 is 1.68 bits per heavy atom. The van der Waals surface area contributed by atoms with Gasteiger partial charge >= 0.3 is 17.8 Å². The number of hydrogen-bond acceptors (Lipinski definition) is 8. The highest BCUT2D eigenvalue weighted by molar-refractivity contribution is 6.32. The van der Waals surface area contributed by atoms with E-state index in [1.54, 1.807) is 37.3 Å². The van der Waals surface area contributed by atoms with Gasteiger partial charge in [-0.15, -0.1) is 0 Å². The summed E-state index contributed by atoms with van der Waals surface area (Å²) in [5.74, 6) is -3.29. The van der Waals surface area contributed by atoms with Crippen molar-refractivity contribution in [1.29, 1.82) is 0 Å². The Kier molecular flexibility index (Phi) is 12.0. The number of carboxylic acids is 1. The Morgan fingerprint density at radius 1 is 1.02 bits per heavy atom. The first kappa shape index (κ1) is 36.9. The van der Waals surface area contributed by atoms with E-state index in [1.165, 1.54) is 12.1 Å². The fourth-order valence-electron chi connectivity index (χ4n) is 4.19. The number of hydrogen-bond donors (Lipinski definition) is 6. The number of aliphatic hydroxyl groups is 3. The van der Waals surface area contributed by atoms with E-state index in [4.69, 9.17) is 42.2 Å². The standard InChI is InChI=1S/C28H18ClF4NO5.C4H11NO3/c1-14-9-18-23(13-21(14)29)39-27(38)19(26(18)16-4-2-3-15(10-16)5-8-25(36)37)12-24(35)34-22-7-6-17(30)11-20(22)28(31,32)33;5-4(1-6,2-7)3-8/h2-11,13H,12H2,1H3,(H,34,35)(H,36,37);6-8H,1-3,5H2/b8-5+;. The first-order valence-electron chi connectivity index (χ1n) is 13.6. The number of carboxylic acid groups (broad SMARTS) is 1. The van der Waals surface area contributed by atoms with Gasteiger partial charge in [0.2, 0.25) is 5.91 Å². The summed E-state index contributed by atoms with van der Waals surface area (Å²) in [6.07, 6.45) is -3.37. The van der Waals surface area contributed by atoms with Crippen molar-refractivity contribution in [2.24, 2.45) is 5.73 Å². The topological polar surface area (TPSA) is 183 Å². The Bertz CT molecular complexity index is 1860. The summed E-state index contributed by atoms with van der Waals surface area (Å²) in [5, 5.41) is 36.8. The number of halogens is 5. The Labute approximate surface area is 269 Å². The third-order valence-corrected chi connectivity index (χ3v) is 7.12. The molecule has 0 unspecified atom stereocenters. The molecule has 0 atom stereocenters. The lowest BCUT2D eigenvalue weighted by atomic mass is 9.93. The predicted octanol–water partition coefficient (Wildman–Crippen LogP) is 4.52. The number of aliphatic hydroxyl groups excluding tert-OH is 3. The molecule has 0 spiro atoms. The van der Waals surface area contributed by atoms with E-state index >= 15 is 0 Å². The first-order valence-corrected chi connectivity index (χ1v) is 13.9. The zero-order valence-corrected chi connectivity index (χ0v) is 25.3. The second kappa shape index (κ2) is 15.3. The number of rotatable bonds is 9. The lowest BCUT2D eigenvalue weighted by Crippen LogP contribution is -2.50.